The molecule has 0 bridgehead atoms. The summed E-state index contributed by atoms with van der Waals surface area (Å²) in [5.41, 5.74) is 2.83. The van der Waals surface area contributed by atoms with Gasteiger partial charge in [0.1, 0.15) is 6.10 Å². The van der Waals surface area contributed by atoms with Crippen molar-refractivity contribution >= 4 is 11.8 Å². The van der Waals surface area contributed by atoms with E-state index in [9.17, 15) is 9.59 Å². The van der Waals surface area contributed by atoms with E-state index in [2.05, 4.69) is 34.3 Å². The number of carbonyl (C=O) groups is 2. The van der Waals surface area contributed by atoms with E-state index >= 15 is 0 Å². The number of hydrogen-bond acceptors (Lipinski definition) is 3. The van der Waals surface area contributed by atoms with Gasteiger partial charge in [0.15, 0.2) is 5.78 Å². The van der Waals surface area contributed by atoms with Crippen LogP contribution in [0.1, 0.15) is 79.6 Å². The Morgan fingerprint density at radius 3 is 2.50 bits per heavy atom. The standard InChI is InChI=1S/C25H38O3/c1-14(2)20-10-7-15(3)11-24(20)28-25(27)17(5)19-9-8-16(4)21-13-23(26)18(6)22(21)12-19/h14-16,19-21,24H,5,7-13H2,1-4,6H3/t15?,16?,19-,20?,21?,24?/m0/s1. The number of esters is 1. The maximum atomic E-state index is 13.0. The SMILES string of the molecule is C=C(C(=O)OC1CC(C)CCC1C(C)C)[C@H]1CCC(C)C2CC(=O)C(C)=C2C1. The number of rotatable bonds is 4. The van der Waals surface area contributed by atoms with Gasteiger partial charge < -0.3 is 4.74 Å². The molecule has 6 atom stereocenters. The molecule has 28 heavy (non-hydrogen) atoms. The second-order valence-corrected chi connectivity index (χ2v) is 10.1. The Balaban J connectivity index is 1.70. The van der Waals surface area contributed by atoms with Crippen molar-refractivity contribution in [3.8, 4) is 0 Å². The second kappa shape index (κ2) is 8.55. The average molecular weight is 387 g/mol. The van der Waals surface area contributed by atoms with Gasteiger partial charge in [-0.1, -0.05) is 46.3 Å². The fraction of sp³-hybridized carbons (Fsp3) is 0.760. The summed E-state index contributed by atoms with van der Waals surface area (Å²) < 4.78 is 6.06. The highest BCUT2D eigenvalue weighted by Gasteiger charge is 2.39. The van der Waals surface area contributed by atoms with Gasteiger partial charge in [-0.25, -0.2) is 4.79 Å². The summed E-state index contributed by atoms with van der Waals surface area (Å²) in [6.07, 6.45) is 6.80. The zero-order valence-electron chi connectivity index (χ0n) is 18.4. The molecule has 5 unspecified atom stereocenters. The molecular formula is C25H38O3. The molecule has 0 amide bonds. The van der Waals surface area contributed by atoms with Crippen LogP contribution in [-0.4, -0.2) is 17.9 Å². The number of ether oxygens (including phenoxy) is 1. The summed E-state index contributed by atoms with van der Waals surface area (Å²) in [7, 11) is 0. The Kier molecular flexibility index (Phi) is 6.51. The molecular weight excluding hydrogens is 348 g/mol. The third kappa shape index (κ3) is 4.28. The van der Waals surface area contributed by atoms with E-state index in [1.54, 1.807) is 0 Å². The number of allylic oxidation sites excluding steroid dienone is 2. The van der Waals surface area contributed by atoms with E-state index in [4.69, 9.17) is 4.74 Å². The van der Waals surface area contributed by atoms with Crippen LogP contribution in [0.15, 0.2) is 23.3 Å². The van der Waals surface area contributed by atoms with Crippen LogP contribution in [0.5, 0.6) is 0 Å². The molecule has 0 aromatic heterocycles. The molecule has 3 aliphatic carbocycles. The first kappa shape index (κ1) is 21.3. The Morgan fingerprint density at radius 1 is 1.11 bits per heavy atom. The summed E-state index contributed by atoms with van der Waals surface area (Å²) >= 11 is 0. The van der Waals surface area contributed by atoms with Gasteiger partial charge in [0.25, 0.3) is 0 Å². The Morgan fingerprint density at radius 2 is 1.82 bits per heavy atom. The van der Waals surface area contributed by atoms with Crippen molar-refractivity contribution in [1.82, 2.24) is 0 Å². The Labute approximate surface area is 171 Å². The van der Waals surface area contributed by atoms with Gasteiger partial charge in [0.05, 0.1) is 0 Å². The highest BCUT2D eigenvalue weighted by atomic mass is 16.5. The predicted octanol–water partition coefficient (Wildman–Crippen LogP) is 5.89. The molecule has 0 N–H and O–H groups in total. The molecule has 0 aromatic carbocycles. The van der Waals surface area contributed by atoms with Crippen LogP contribution in [0.3, 0.4) is 0 Å². The van der Waals surface area contributed by atoms with E-state index in [-0.39, 0.29) is 23.8 Å². The minimum absolute atomic E-state index is 0.0134. The normalized spacial score (nSPS) is 36.3. The molecule has 3 nitrogen and oxygen atoms in total. The monoisotopic (exact) mass is 386 g/mol. The summed E-state index contributed by atoms with van der Waals surface area (Å²) in [5, 5.41) is 0. The second-order valence-electron chi connectivity index (χ2n) is 10.1. The van der Waals surface area contributed by atoms with E-state index in [1.165, 1.54) is 12.0 Å². The molecule has 0 spiro atoms. The first-order chi connectivity index (χ1) is 13.2. The van der Waals surface area contributed by atoms with Crippen LogP contribution >= 0.6 is 0 Å². The minimum atomic E-state index is -0.205. The van der Waals surface area contributed by atoms with Gasteiger partial charge in [0, 0.05) is 12.0 Å². The summed E-state index contributed by atoms with van der Waals surface area (Å²) in [6.45, 7) is 15.1. The molecule has 0 aliphatic heterocycles. The minimum Gasteiger partial charge on any atom is -0.459 e. The van der Waals surface area contributed by atoms with Gasteiger partial charge in [-0.2, -0.15) is 0 Å². The van der Waals surface area contributed by atoms with Crippen molar-refractivity contribution in [3.63, 3.8) is 0 Å². The van der Waals surface area contributed by atoms with Crippen molar-refractivity contribution in [1.29, 1.82) is 0 Å². The molecule has 0 saturated heterocycles. The fourth-order valence-corrected chi connectivity index (χ4v) is 5.74. The van der Waals surface area contributed by atoms with Crippen molar-refractivity contribution in [3.05, 3.63) is 23.3 Å². The summed E-state index contributed by atoms with van der Waals surface area (Å²) in [6, 6.07) is 0. The average Bonchev–Trinajstić information content (AvgIpc) is 2.81. The topological polar surface area (TPSA) is 43.4 Å². The molecule has 3 aliphatic rings. The van der Waals surface area contributed by atoms with Crippen LogP contribution in [-0.2, 0) is 14.3 Å². The molecule has 0 radical (unpaired) electrons. The van der Waals surface area contributed by atoms with Gasteiger partial charge in [0.2, 0.25) is 0 Å². The Bertz CT molecular complexity index is 671. The lowest BCUT2D eigenvalue weighted by atomic mass is 9.75. The van der Waals surface area contributed by atoms with Crippen LogP contribution < -0.4 is 0 Å². The van der Waals surface area contributed by atoms with Gasteiger partial charge >= 0.3 is 5.97 Å². The molecule has 3 rings (SSSR count). The van der Waals surface area contributed by atoms with Crippen LogP contribution in [0.4, 0.5) is 0 Å². The smallest absolute Gasteiger partial charge is 0.333 e. The summed E-state index contributed by atoms with van der Waals surface area (Å²) in [4.78, 5) is 25.2. The predicted molar refractivity (Wildman–Crippen MR) is 113 cm³/mol. The fourth-order valence-electron chi connectivity index (χ4n) is 5.74. The quantitative estimate of drug-likeness (QED) is 0.447. The third-order valence-corrected chi connectivity index (χ3v) is 7.85. The zero-order chi connectivity index (χ0) is 20.6. The maximum Gasteiger partial charge on any atom is 0.333 e. The molecule has 0 heterocycles. The first-order valence-electron chi connectivity index (χ1n) is 11.3. The van der Waals surface area contributed by atoms with E-state index in [0.717, 1.165) is 37.7 Å². The van der Waals surface area contributed by atoms with Crippen LogP contribution in [0, 0.1) is 35.5 Å². The van der Waals surface area contributed by atoms with Crippen molar-refractivity contribution in [2.45, 2.75) is 85.7 Å². The Hall–Kier alpha value is -1.38. The molecule has 3 heteroatoms. The molecule has 2 fully saturated rings. The van der Waals surface area contributed by atoms with Crippen molar-refractivity contribution < 1.29 is 14.3 Å². The van der Waals surface area contributed by atoms with Gasteiger partial charge in [-0.05, 0) is 80.1 Å². The number of carbonyl (C=O) groups excluding carboxylic acids is 2. The van der Waals surface area contributed by atoms with Crippen molar-refractivity contribution in [2.75, 3.05) is 0 Å². The third-order valence-electron chi connectivity index (χ3n) is 7.85. The highest BCUT2D eigenvalue weighted by molar-refractivity contribution is 5.98. The first-order valence-corrected chi connectivity index (χ1v) is 11.3. The largest absolute Gasteiger partial charge is 0.459 e. The maximum absolute atomic E-state index is 13.0. The molecule has 0 aromatic rings. The van der Waals surface area contributed by atoms with Gasteiger partial charge in [-0.15, -0.1) is 0 Å². The van der Waals surface area contributed by atoms with Crippen LogP contribution in [0.25, 0.3) is 0 Å². The van der Waals surface area contributed by atoms with E-state index in [1.807, 2.05) is 6.92 Å². The number of Topliss-reactive ketones (excluding diaryl/α,β-unsaturated/α-hetero) is 1. The van der Waals surface area contributed by atoms with Crippen molar-refractivity contribution in [2.24, 2.45) is 35.5 Å². The zero-order valence-corrected chi connectivity index (χ0v) is 18.4. The van der Waals surface area contributed by atoms with E-state index in [0.29, 0.717) is 41.6 Å². The number of ketones is 1. The summed E-state index contributed by atoms with van der Waals surface area (Å²) in [5.74, 6) is 2.63. The lowest BCUT2D eigenvalue weighted by molar-refractivity contribution is -0.151. The van der Waals surface area contributed by atoms with E-state index < -0.39 is 0 Å². The molecule has 156 valence electrons. The lowest BCUT2D eigenvalue weighted by Crippen LogP contribution is -2.36. The number of fused-ring (bicyclic) bond motifs is 1. The van der Waals surface area contributed by atoms with Crippen LogP contribution in [0.2, 0.25) is 0 Å². The van der Waals surface area contributed by atoms with Gasteiger partial charge in [-0.3, -0.25) is 4.79 Å². The lowest BCUT2D eigenvalue weighted by Gasteiger charge is -2.37. The number of hydrogen-bond donors (Lipinski definition) is 0. The highest BCUT2D eigenvalue weighted by Crippen LogP contribution is 2.45. The molecule has 2 saturated carbocycles.